The molecule has 0 aliphatic carbocycles. The summed E-state index contributed by atoms with van der Waals surface area (Å²) in [6.07, 6.45) is 14.3. The van der Waals surface area contributed by atoms with Gasteiger partial charge in [0.05, 0.1) is 0 Å². The number of hydrogen-bond acceptors (Lipinski definition) is 8. The molecule has 174 valence electrons. The highest BCUT2D eigenvalue weighted by molar-refractivity contribution is 5.70. The van der Waals surface area contributed by atoms with E-state index < -0.39 is 0 Å². The Bertz CT molecular complexity index is 1050. The van der Waals surface area contributed by atoms with Crippen LogP contribution in [0.4, 0.5) is 12.0 Å². The van der Waals surface area contributed by atoms with Gasteiger partial charge in [0.1, 0.15) is 0 Å². The third-order valence-corrected chi connectivity index (χ3v) is 7.70. The van der Waals surface area contributed by atoms with Gasteiger partial charge in [-0.15, -0.1) is 0 Å². The molecule has 0 N–H and O–H groups in total. The summed E-state index contributed by atoms with van der Waals surface area (Å²) in [5.74, 6) is 1.31. The second-order valence-electron chi connectivity index (χ2n) is 9.71. The summed E-state index contributed by atoms with van der Waals surface area (Å²) in [6, 6.07) is 5.49. The molecule has 3 aliphatic rings. The third-order valence-electron chi connectivity index (χ3n) is 7.70. The van der Waals surface area contributed by atoms with Gasteiger partial charge in [0.25, 0.3) is 6.01 Å². The first kappa shape index (κ1) is 20.8. The highest BCUT2D eigenvalue weighted by Gasteiger charge is 2.28. The summed E-state index contributed by atoms with van der Waals surface area (Å²) in [4.78, 5) is 25.4. The SMILES string of the molecule is c1cnc(N2CCC(c3cnc4nc(N5CCC(N6CCCCC6)CC5)oc4c3)CC2)nc1. The second kappa shape index (κ2) is 9.25. The van der Waals surface area contributed by atoms with E-state index in [1.54, 1.807) is 0 Å². The molecule has 8 heteroatoms. The van der Waals surface area contributed by atoms with Crippen molar-refractivity contribution >= 4 is 23.2 Å². The topological polar surface area (TPSA) is 74.4 Å². The van der Waals surface area contributed by atoms with Gasteiger partial charge in [-0.25, -0.2) is 15.0 Å². The molecule has 0 atom stereocenters. The molecule has 3 fully saturated rings. The lowest BCUT2D eigenvalue weighted by molar-refractivity contribution is 0.140. The highest BCUT2D eigenvalue weighted by atomic mass is 16.4. The van der Waals surface area contributed by atoms with Crippen LogP contribution in [0.25, 0.3) is 11.2 Å². The van der Waals surface area contributed by atoms with Crippen molar-refractivity contribution in [2.45, 2.75) is 56.9 Å². The van der Waals surface area contributed by atoms with Gasteiger partial charge in [0.2, 0.25) is 11.6 Å². The molecule has 0 aromatic carbocycles. The van der Waals surface area contributed by atoms with Crippen molar-refractivity contribution in [3.8, 4) is 0 Å². The number of pyridine rings is 1. The minimum absolute atomic E-state index is 0.482. The average Bonchev–Trinajstić information content (AvgIpc) is 3.33. The fraction of sp³-hybridized carbons (Fsp3) is 0.600. The van der Waals surface area contributed by atoms with Crippen molar-refractivity contribution in [3.05, 3.63) is 36.3 Å². The summed E-state index contributed by atoms with van der Waals surface area (Å²) >= 11 is 0. The van der Waals surface area contributed by atoms with E-state index in [-0.39, 0.29) is 0 Å². The second-order valence-corrected chi connectivity index (χ2v) is 9.71. The average molecular weight is 448 g/mol. The molecule has 0 radical (unpaired) electrons. The molecule has 3 aromatic rings. The van der Waals surface area contributed by atoms with E-state index in [9.17, 15) is 0 Å². The minimum atomic E-state index is 0.482. The van der Waals surface area contributed by atoms with Crippen LogP contribution in [-0.4, -0.2) is 70.1 Å². The Balaban J connectivity index is 1.09. The van der Waals surface area contributed by atoms with Crippen molar-refractivity contribution in [2.75, 3.05) is 49.1 Å². The summed E-state index contributed by atoms with van der Waals surface area (Å²) in [5, 5.41) is 0. The number of aromatic nitrogens is 4. The molecule has 3 saturated heterocycles. The van der Waals surface area contributed by atoms with Crippen LogP contribution >= 0.6 is 0 Å². The van der Waals surface area contributed by atoms with Crippen LogP contribution in [0.1, 0.15) is 56.4 Å². The number of anilines is 2. The zero-order chi connectivity index (χ0) is 22.0. The molecule has 0 bridgehead atoms. The molecule has 3 aliphatic heterocycles. The maximum absolute atomic E-state index is 6.22. The summed E-state index contributed by atoms with van der Waals surface area (Å²) in [6.45, 7) is 6.50. The number of hydrogen-bond donors (Lipinski definition) is 0. The number of oxazole rings is 1. The van der Waals surface area contributed by atoms with E-state index in [0.717, 1.165) is 68.3 Å². The molecule has 3 aromatic heterocycles. The van der Waals surface area contributed by atoms with E-state index in [2.05, 4.69) is 35.7 Å². The molecule has 0 spiro atoms. The molecule has 6 rings (SSSR count). The van der Waals surface area contributed by atoms with E-state index >= 15 is 0 Å². The van der Waals surface area contributed by atoms with Crippen LogP contribution in [0.15, 0.2) is 35.1 Å². The Labute approximate surface area is 195 Å². The van der Waals surface area contributed by atoms with Crippen LogP contribution in [0.3, 0.4) is 0 Å². The van der Waals surface area contributed by atoms with E-state index in [0.29, 0.717) is 5.92 Å². The van der Waals surface area contributed by atoms with Crippen LogP contribution in [0.5, 0.6) is 0 Å². The molecule has 33 heavy (non-hydrogen) atoms. The van der Waals surface area contributed by atoms with Crippen LogP contribution in [0.2, 0.25) is 0 Å². The molecule has 0 amide bonds. The lowest BCUT2D eigenvalue weighted by Gasteiger charge is -2.39. The van der Waals surface area contributed by atoms with Gasteiger partial charge in [0, 0.05) is 50.8 Å². The highest BCUT2D eigenvalue weighted by Crippen LogP contribution is 2.32. The summed E-state index contributed by atoms with van der Waals surface area (Å²) < 4.78 is 6.22. The predicted molar refractivity (Wildman–Crippen MR) is 129 cm³/mol. The zero-order valence-corrected chi connectivity index (χ0v) is 19.3. The molecule has 0 unspecified atom stereocenters. The van der Waals surface area contributed by atoms with Gasteiger partial charge in [-0.05, 0) is 75.2 Å². The van der Waals surface area contributed by atoms with E-state index in [1.165, 1.54) is 50.8 Å². The third kappa shape index (κ3) is 4.40. The van der Waals surface area contributed by atoms with Crippen molar-refractivity contribution in [1.82, 2.24) is 24.8 Å². The van der Waals surface area contributed by atoms with Crippen molar-refractivity contribution in [1.29, 1.82) is 0 Å². The van der Waals surface area contributed by atoms with Gasteiger partial charge in [-0.2, -0.15) is 4.98 Å². The van der Waals surface area contributed by atoms with Gasteiger partial charge in [0.15, 0.2) is 5.58 Å². The fourth-order valence-electron chi connectivity index (χ4n) is 5.76. The zero-order valence-electron chi connectivity index (χ0n) is 19.3. The number of fused-ring (bicyclic) bond motifs is 1. The Kier molecular flexibility index (Phi) is 5.84. The molecular formula is C25H33N7O. The number of nitrogens with zero attached hydrogens (tertiary/aromatic N) is 7. The molecule has 0 saturated carbocycles. The Morgan fingerprint density at radius 3 is 2.27 bits per heavy atom. The lowest BCUT2D eigenvalue weighted by atomic mass is 9.90. The van der Waals surface area contributed by atoms with Crippen LogP contribution in [0, 0.1) is 0 Å². The number of rotatable bonds is 4. The van der Waals surface area contributed by atoms with E-state index in [1.807, 2.05) is 24.7 Å². The normalized spacial score (nSPS) is 21.7. The molecular weight excluding hydrogens is 414 g/mol. The largest absolute Gasteiger partial charge is 0.422 e. The monoisotopic (exact) mass is 447 g/mol. The quantitative estimate of drug-likeness (QED) is 0.597. The van der Waals surface area contributed by atoms with Gasteiger partial charge < -0.3 is 19.1 Å². The van der Waals surface area contributed by atoms with Crippen LogP contribution in [-0.2, 0) is 0 Å². The predicted octanol–water partition coefficient (Wildman–Crippen LogP) is 3.85. The van der Waals surface area contributed by atoms with Gasteiger partial charge in [-0.3, -0.25) is 0 Å². The fourth-order valence-corrected chi connectivity index (χ4v) is 5.76. The Morgan fingerprint density at radius 2 is 1.52 bits per heavy atom. The maximum atomic E-state index is 6.22. The first-order valence-corrected chi connectivity index (χ1v) is 12.6. The maximum Gasteiger partial charge on any atom is 0.299 e. The first-order chi connectivity index (χ1) is 16.3. The number of likely N-dealkylation sites (tertiary alicyclic amines) is 1. The lowest BCUT2D eigenvalue weighted by Crippen LogP contribution is -2.46. The standard InChI is InChI=1S/C25H33N7O/c1-2-11-30(12-3-1)21-7-15-32(16-8-21)25-29-23-22(33-25)17-20(18-28-23)19-5-13-31(14-6-19)24-26-9-4-10-27-24/h4,9-10,17-19,21H,1-3,5-8,11-16H2. The molecule has 6 heterocycles. The summed E-state index contributed by atoms with van der Waals surface area (Å²) in [5.41, 5.74) is 2.79. The first-order valence-electron chi connectivity index (χ1n) is 12.6. The molecule has 8 nitrogen and oxygen atoms in total. The van der Waals surface area contributed by atoms with Crippen LogP contribution < -0.4 is 9.80 Å². The van der Waals surface area contributed by atoms with Gasteiger partial charge >= 0.3 is 0 Å². The number of piperidine rings is 3. The minimum Gasteiger partial charge on any atom is -0.422 e. The Hall–Kier alpha value is -2.74. The van der Waals surface area contributed by atoms with Crippen molar-refractivity contribution in [2.24, 2.45) is 0 Å². The van der Waals surface area contributed by atoms with Crippen molar-refractivity contribution in [3.63, 3.8) is 0 Å². The van der Waals surface area contributed by atoms with E-state index in [4.69, 9.17) is 9.40 Å². The smallest absolute Gasteiger partial charge is 0.299 e. The summed E-state index contributed by atoms with van der Waals surface area (Å²) in [7, 11) is 0. The van der Waals surface area contributed by atoms with Gasteiger partial charge in [-0.1, -0.05) is 6.42 Å². The van der Waals surface area contributed by atoms with Crippen molar-refractivity contribution < 1.29 is 4.42 Å². The Morgan fingerprint density at radius 1 is 0.788 bits per heavy atom.